The van der Waals surface area contributed by atoms with Gasteiger partial charge in [0.05, 0.1) is 12.3 Å². The first kappa shape index (κ1) is 12.9. The van der Waals surface area contributed by atoms with Crippen LogP contribution in [-0.2, 0) is 18.4 Å². The predicted molar refractivity (Wildman–Crippen MR) is 68.3 cm³/mol. The van der Waals surface area contributed by atoms with Crippen molar-refractivity contribution in [1.82, 2.24) is 15.1 Å². The molecule has 0 aromatic carbocycles. The number of aliphatic hydroxyl groups excluding tert-OH is 1. The molecule has 2 N–H and O–H groups in total. The van der Waals surface area contributed by atoms with E-state index in [1.165, 1.54) is 0 Å². The van der Waals surface area contributed by atoms with E-state index in [1.807, 2.05) is 32.7 Å². The summed E-state index contributed by atoms with van der Waals surface area (Å²) in [5.41, 5.74) is 0.958. The van der Waals surface area contributed by atoms with Gasteiger partial charge in [0.15, 0.2) is 0 Å². The first-order valence-corrected chi connectivity index (χ1v) is 6.09. The van der Waals surface area contributed by atoms with Crippen LogP contribution in [0.2, 0.25) is 0 Å². The number of aliphatic hydroxyl groups is 1. The Hall–Kier alpha value is -1.56. The van der Waals surface area contributed by atoms with E-state index in [0.29, 0.717) is 13.1 Å². The number of carbonyl (C=O) groups excluding carboxylic acids is 1. The number of hydrogen-bond acceptors (Lipinski definition) is 4. The number of rotatable bonds is 2. The van der Waals surface area contributed by atoms with Gasteiger partial charge in [0.1, 0.15) is 11.4 Å². The van der Waals surface area contributed by atoms with Gasteiger partial charge in [-0.1, -0.05) is 0 Å². The molecule has 0 unspecified atom stereocenters. The van der Waals surface area contributed by atoms with Crippen molar-refractivity contribution >= 4 is 11.7 Å². The first-order chi connectivity index (χ1) is 8.39. The number of hydrogen-bond donors (Lipinski definition) is 2. The fraction of sp³-hybridized carbons (Fsp3) is 0.667. The molecule has 2 rings (SSSR count). The second-order valence-electron chi connectivity index (χ2n) is 5.14. The number of piperazine rings is 1. The highest BCUT2D eigenvalue weighted by molar-refractivity contribution is 5.90. The standard InChI is InChI=1S/C12H20N4O2/c1-8-9(7-17)10(15(4)14-8)16-6-5-13-11(18)12(16,2)3/h17H,5-7H2,1-4H3,(H,13,18). The molecule has 0 spiro atoms. The zero-order valence-corrected chi connectivity index (χ0v) is 11.3. The number of nitrogens with zero attached hydrogens (tertiary/aromatic N) is 3. The molecule has 1 fully saturated rings. The van der Waals surface area contributed by atoms with Crippen molar-refractivity contribution in [2.75, 3.05) is 18.0 Å². The third-order valence-electron chi connectivity index (χ3n) is 3.58. The molecule has 1 saturated heterocycles. The Kier molecular flexibility index (Phi) is 3.06. The van der Waals surface area contributed by atoms with Crippen LogP contribution >= 0.6 is 0 Å². The van der Waals surface area contributed by atoms with Gasteiger partial charge < -0.3 is 15.3 Å². The van der Waals surface area contributed by atoms with E-state index >= 15 is 0 Å². The van der Waals surface area contributed by atoms with Crippen LogP contribution in [-0.4, -0.2) is 39.4 Å². The summed E-state index contributed by atoms with van der Waals surface area (Å²) < 4.78 is 1.74. The normalized spacial score (nSPS) is 18.9. The molecule has 1 aromatic heterocycles. The van der Waals surface area contributed by atoms with Gasteiger partial charge in [0, 0.05) is 25.7 Å². The van der Waals surface area contributed by atoms with Crippen molar-refractivity contribution in [3.63, 3.8) is 0 Å². The number of aromatic nitrogens is 2. The Balaban J connectivity index is 2.51. The van der Waals surface area contributed by atoms with E-state index in [9.17, 15) is 9.90 Å². The molecule has 0 bridgehead atoms. The highest BCUT2D eigenvalue weighted by Crippen LogP contribution is 2.30. The molecule has 0 aliphatic carbocycles. The molecular weight excluding hydrogens is 232 g/mol. The summed E-state index contributed by atoms with van der Waals surface area (Å²) in [6.45, 7) is 6.88. The summed E-state index contributed by atoms with van der Waals surface area (Å²) in [7, 11) is 1.84. The molecule has 0 atom stereocenters. The van der Waals surface area contributed by atoms with Crippen molar-refractivity contribution < 1.29 is 9.90 Å². The third kappa shape index (κ3) is 1.77. The molecule has 1 amide bonds. The summed E-state index contributed by atoms with van der Waals surface area (Å²) in [6.07, 6.45) is 0. The minimum atomic E-state index is -0.637. The smallest absolute Gasteiger partial charge is 0.245 e. The maximum absolute atomic E-state index is 12.0. The van der Waals surface area contributed by atoms with Crippen molar-refractivity contribution in [2.24, 2.45) is 7.05 Å². The monoisotopic (exact) mass is 252 g/mol. The molecule has 18 heavy (non-hydrogen) atoms. The third-order valence-corrected chi connectivity index (χ3v) is 3.58. The van der Waals surface area contributed by atoms with Crippen LogP contribution in [0, 0.1) is 6.92 Å². The lowest BCUT2D eigenvalue weighted by Gasteiger charge is -2.42. The predicted octanol–water partition coefficient (Wildman–Crippen LogP) is -0.0644. The SMILES string of the molecule is Cc1nn(C)c(N2CCNC(=O)C2(C)C)c1CO. The highest BCUT2D eigenvalue weighted by Gasteiger charge is 2.40. The highest BCUT2D eigenvalue weighted by atomic mass is 16.3. The number of amides is 1. The van der Waals surface area contributed by atoms with Crippen molar-refractivity contribution in [1.29, 1.82) is 0 Å². The van der Waals surface area contributed by atoms with Crippen molar-refractivity contribution in [2.45, 2.75) is 32.9 Å². The Labute approximate surface area is 107 Å². The quantitative estimate of drug-likeness (QED) is 0.773. The molecule has 2 heterocycles. The lowest BCUT2D eigenvalue weighted by Crippen LogP contribution is -2.62. The summed E-state index contributed by atoms with van der Waals surface area (Å²) in [4.78, 5) is 14.0. The van der Waals surface area contributed by atoms with E-state index in [-0.39, 0.29) is 12.5 Å². The van der Waals surface area contributed by atoms with Crippen molar-refractivity contribution in [3.8, 4) is 0 Å². The minimum absolute atomic E-state index is 0.00325. The summed E-state index contributed by atoms with van der Waals surface area (Å²) >= 11 is 0. The molecular formula is C12H20N4O2. The average molecular weight is 252 g/mol. The zero-order valence-electron chi connectivity index (χ0n) is 11.3. The van der Waals surface area contributed by atoms with E-state index in [0.717, 1.165) is 17.1 Å². The second-order valence-corrected chi connectivity index (χ2v) is 5.14. The number of nitrogens with one attached hydrogen (secondary N) is 1. The van der Waals surface area contributed by atoms with Gasteiger partial charge in [-0.2, -0.15) is 5.10 Å². The Morgan fingerprint density at radius 1 is 1.50 bits per heavy atom. The van der Waals surface area contributed by atoms with E-state index in [2.05, 4.69) is 10.4 Å². The first-order valence-electron chi connectivity index (χ1n) is 6.09. The van der Waals surface area contributed by atoms with Gasteiger partial charge in [-0.3, -0.25) is 9.48 Å². The van der Waals surface area contributed by atoms with Crippen LogP contribution in [0.3, 0.4) is 0 Å². The molecule has 0 saturated carbocycles. The molecule has 1 aliphatic heterocycles. The van der Waals surface area contributed by atoms with Gasteiger partial charge in [0.2, 0.25) is 5.91 Å². The second kappa shape index (κ2) is 4.28. The number of aryl methyl sites for hydroxylation is 2. The van der Waals surface area contributed by atoms with Crippen LogP contribution < -0.4 is 10.2 Å². The summed E-state index contributed by atoms with van der Waals surface area (Å²) in [5, 5.41) is 16.7. The van der Waals surface area contributed by atoms with Gasteiger partial charge >= 0.3 is 0 Å². The van der Waals surface area contributed by atoms with Gasteiger partial charge in [0.25, 0.3) is 0 Å². The summed E-state index contributed by atoms with van der Waals surface area (Å²) in [6, 6.07) is 0. The Morgan fingerprint density at radius 2 is 2.17 bits per heavy atom. The average Bonchev–Trinajstić information content (AvgIpc) is 2.57. The molecule has 6 nitrogen and oxygen atoms in total. The van der Waals surface area contributed by atoms with Crippen LogP contribution in [0.5, 0.6) is 0 Å². The van der Waals surface area contributed by atoms with Crippen LogP contribution in [0.25, 0.3) is 0 Å². The Bertz CT molecular complexity index is 479. The van der Waals surface area contributed by atoms with Gasteiger partial charge in [-0.25, -0.2) is 0 Å². The zero-order chi connectivity index (χ0) is 13.5. The minimum Gasteiger partial charge on any atom is -0.391 e. The lowest BCUT2D eigenvalue weighted by atomic mass is 9.98. The molecule has 1 aliphatic rings. The lowest BCUT2D eigenvalue weighted by molar-refractivity contribution is -0.126. The fourth-order valence-electron chi connectivity index (χ4n) is 2.48. The van der Waals surface area contributed by atoms with Crippen LogP contribution in [0.1, 0.15) is 25.1 Å². The van der Waals surface area contributed by atoms with Crippen molar-refractivity contribution in [3.05, 3.63) is 11.3 Å². The number of carbonyl (C=O) groups is 1. The largest absolute Gasteiger partial charge is 0.391 e. The van der Waals surface area contributed by atoms with Gasteiger partial charge in [-0.05, 0) is 20.8 Å². The number of anilines is 1. The molecule has 1 aromatic rings. The van der Waals surface area contributed by atoms with E-state index < -0.39 is 5.54 Å². The van der Waals surface area contributed by atoms with Gasteiger partial charge in [-0.15, -0.1) is 0 Å². The van der Waals surface area contributed by atoms with Crippen LogP contribution in [0.4, 0.5) is 5.82 Å². The molecule has 100 valence electrons. The maximum atomic E-state index is 12.0. The Morgan fingerprint density at radius 3 is 2.78 bits per heavy atom. The van der Waals surface area contributed by atoms with Crippen LogP contribution in [0.15, 0.2) is 0 Å². The fourth-order valence-corrected chi connectivity index (χ4v) is 2.48. The summed E-state index contributed by atoms with van der Waals surface area (Å²) in [5.74, 6) is 0.825. The topological polar surface area (TPSA) is 70.4 Å². The molecule has 6 heteroatoms. The molecule has 0 radical (unpaired) electrons. The van der Waals surface area contributed by atoms with E-state index in [1.54, 1.807) is 4.68 Å². The maximum Gasteiger partial charge on any atom is 0.245 e. The van der Waals surface area contributed by atoms with E-state index in [4.69, 9.17) is 0 Å².